The third-order valence-electron chi connectivity index (χ3n) is 8.46. The largest absolute Gasteiger partial charge is 0.371 e. The fourth-order valence-corrected chi connectivity index (χ4v) is 6.24. The number of allylic oxidation sites excluding steroid dienone is 4. The Morgan fingerprint density at radius 3 is 1.80 bits per heavy atom. The summed E-state index contributed by atoms with van der Waals surface area (Å²) < 4.78 is 64.1. The Kier molecular flexibility index (Phi) is 8.91. The third kappa shape index (κ3) is 5.93. The molecule has 192 valence electrons. The Balaban J connectivity index is 1.34. The van der Waals surface area contributed by atoms with Crippen LogP contribution in [0, 0.1) is 29.4 Å². The van der Waals surface area contributed by atoms with Crippen molar-refractivity contribution in [2.24, 2.45) is 17.8 Å². The van der Waals surface area contributed by atoms with Gasteiger partial charge in [-0.25, -0.2) is 17.6 Å². The topological polar surface area (TPSA) is 9.23 Å². The van der Waals surface area contributed by atoms with Gasteiger partial charge in [0.15, 0.2) is 17.5 Å². The predicted octanol–water partition coefficient (Wildman–Crippen LogP) is 9.22. The maximum Gasteiger partial charge on any atom is 0.162 e. The summed E-state index contributed by atoms with van der Waals surface area (Å²) in [5, 5.41) is 0. The summed E-state index contributed by atoms with van der Waals surface area (Å²) in [7, 11) is 0. The average Bonchev–Trinajstić information content (AvgIpc) is 2.88. The first kappa shape index (κ1) is 26.2. The van der Waals surface area contributed by atoms with Gasteiger partial charge in [0.05, 0.1) is 0 Å². The third-order valence-corrected chi connectivity index (χ3v) is 8.46. The lowest BCUT2D eigenvalue weighted by atomic mass is 9.76. The zero-order chi connectivity index (χ0) is 24.9. The number of benzene rings is 1. The summed E-state index contributed by atoms with van der Waals surface area (Å²) in [5.41, 5.74) is 1.01. The van der Waals surface area contributed by atoms with E-state index >= 15 is 8.78 Å². The van der Waals surface area contributed by atoms with Crippen molar-refractivity contribution in [3.8, 4) is 0 Å². The molecule has 3 aliphatic carbocycles. The van der Waals surface area contributed by atoms with Crippen molar-refractivity contribution in [2.45, 2.75) is 89.1 Å². The molecule has 4 rings (SSSR count). The molecule has 2 saturated carbocycles. The molecule has 1 aromatic carbocycles. The minimum absolute atomic E-state index is 0.00425. The Morgan fingerprint density at radius 1 is 0.743 bits per heavy atom. The Labute approximate surface area is 207 Å². The molecule has 1 aromatic rings. The highest BCUT2D eigenvalue weighted by Crippen LogP contribution is 2.42. The molecule has 0 N–H and O–H groups in total. The second-order valence-corrected chi connectivity index (χ2v) is 10.5. The zero-order valence-electron chi connectivity index (χ0n) is 20.8. The van der Waals surface area contributed by atoms with Crippen LogP contribution in [0.15, 0.2) is 48.6 Å². The number of hydrogen-bond acceptors (Lipinski definition) is 1. The minimum Gasteiger partial charge on any atom is -0.371 e. The molecule has 35 heavy (non-hydrogen) atoms. The van der Waals surface area contributed by atoms with Crippen molar-refractivity contribution in [3.05, 3.63) is 71.4 Å². The van der Waals surface area contributed by atoms with Crippen LogP contribution in [-0.4, -0.2) is 12.7 Å². The molecule has 0 aliphatic heterocycles. The maximum absolute atomic E-state index is 15.1. The van der Waals surface area contributed by atoms with Gasteiger partial charge in [-0.3, -0.25) is 0 Å². The highest BCUT2D eigenvalue weighted by molar-refractivity contribution is 5.32. The normalized spacial score (nSPS) is 32.3. The Morgan fingerprint density at radius 2 is 1.29 bits per heavy atom. The van der Waals surface area contributed by atoms with Gasteiger partial charge >= 0.3 is 0 Å². The van der Waals surface area contributed by atoms with E-state index in [0.29, 0.717) is 36.5 Å². The van der Waals surface area contributed by atoms with Gasteiger partial charge in [0.2, 0.25) is 0 Å². The lowest BCUT2D eigenvalue weighted by molar-refractivity contribution is 0.0516. The SMILES string of the molecule is C=CC1CCC(c2ccc(C3CCC(/C=C/C4CCC(OCC)C(F)=C4F)CC3)c(F)c2F)CC1. The number of rotatable bonds is 7. The molecule has 0 radical (unpaired) electrons. The van der Waals surface area contributed by atoms with Gasteiger partial charge in [-0.15, -0.1) is 6.58 Å². The predicted molar refractivity (Wildman–Crippen MR) is 132 cm³/mol. The smallest absolute Gasteiger partial charge is 0.162 e. The molecule has 0 heterocycles. The van der Waals surface area contributed by atoms with Gasteiger partial charge in [-0.05, 0) is 106 Å². The van der Waals surface area contributed by atoms with Crippen LogP contribution in [0.2, 0.25) is 0 Å². The van der Waals surface area contributed by atoms with Gasteiger partial charge in [-0.2, -0.15) is 0 Å². The van der Waals surface area contributed by atoms with Crippen LogP contribution < -0.4 is 0 Å². The van der Waals surface area contributed by atoms with E-state index in [1.807, 2.05) is 12.2 Å². The van der Waals surface area contributed by atoms with E-state index in [2.05, 4.69) is 6.58 Å². The summed E-state index contributed by atoms with van der Waals surface area (Å²) >= 11 is 0. The quantitative estimate of drug-likeness (QED) is 0.273. The van der Waals surface area contributed by atoms with Gasteiger partial charge in [-0.1, -0.05) is 30.4 Å². The van der Waals surface area contributed by atoms with E-state index in [1.165, 1.54) is 0 Å². The van der Waals surface area contributed by atoms with Crippen molar-refractivity contribution in [1.29, 1.82) is 0 Å². The highest BCUT2D eigenvalue weighted by atomic mass is 19.2. The molecule has 0 saturated heterocycles. The van der Waals surface area contributed by atoms with Crippen molar-refractivity contribution in [1.82, 2.24) is 0 Å². The second kappa shape index (κ2) is 11.9. The van der Waals surface area contributed by atoms with Crippen LogP contribution in [0.3, 0.4) is 0 Å². The van der Waals surface area contributed by atoms with Crippen LogP contribution in [-0.2, 0) is 4.74 Å². The van der Waals surface area contributed by atoms with Gasteiger partial charge in [0.25, 0.3) is 0 Å². The van der Waals surface area contributed by atoms with Gasteiger partial charge < -0.3 is 4.74 Å². The van der Waals surface area contributed by atoms with Crippen molar-refractivity contribution < 1.29 is 22.3 Å². The summed E-state index contributed by atoms with van der Waals surface area (Å²) in [5.74, 6) is -2.56. The second-order valence-electron chi connectivity index (χ2n) is 10.5. The monoisotopic (exact) mass is 490 g/mol. The van der Waals surface area contributed by atoms with Gasteiger partial charge in [0, 0.05) is 12.5 Å². The minimum atomic E-state index is -0.772. The maximum atomic E-state index is 15.1. The summed E-state index contributed by atoms with van der Waals surface area (Å²) in [6, 6.07) is 3.61. The first-order valence-electron chi connectivity index (χ1n) is 13.4. The number of halogens is 4. The summed E-state index contributed by atoms with van der Waals surface area (Å²) in [6.45, 7) is 5.99. The fraction of sp³-hybridized carbons (Fsp3) is 0.600. The van der Waals surface area contributed by atoms with Crippen molar-refractivity contribution >= 4 is 0 Å². The van der Waals surface area contributed by atoms with Crippen molar-refractivity contribution in [2.75, 3.05) is 6.61 Å². The molecule has 0 spiro atoms. The van der Waals surface area contributed by atoms with E-state index in [9.17, 15) is 8.78 Å². The molecule has 5 heteroatoms. The molecular weight excluding hydrogens is 452 g/mol. The van der Waals surface area contributed by atoms with Crippen LogP contribution in [0.5, 0.6) is 0 Å². The van der Waals surface area contributed by atoms with Crippen LogP contribution in [0.25, 0.3) is 0 Å². The van der Waals surface area contributed by atoms with E-state index in [-0.39, 0.29) is 17.8 Å². The standard InChI is InChI=1S/C30H38F4O/c1-3-19-5-10-21(11-6-19)24-16-17-25(29(33)28(24)32)22-12-7-20(8-13-22)9-14-23-15-18-26(35-4-2)30(34)27(23)31/h3,9,14,16-17,19-23,26H,1,4-8,10-13,15,18H2,2H3/b14-9+. The lowest BCUT2D eigenvalue weighted by Crippen LogP contribution is -2.22. The molecule has 2 atom stereocenters. The zero-order valence-corrected chi connectivity index (χ0v) is 20.8. The molecule has 2 unspecified atom stereocenters. The number of hydrogen-bond donors (Lipinski definition) is 0. The molecular formula is C30H38F4O. The van der Waals surface area contributed by atoms with Crippen LogP contribution >= 0.6 is 0 Å². The first-order chi connectivity index (χ1) is 16.9. The molecule has 1 nitrogen and oxygen atoms in total. The molecule has 3 aliphatic rings. The van der Waals surface area contributed by atoms with E-state index in [1.54, 1.807) is 25.1 Å². The summed E-state index contributed by atoms with van der Waals surface area (Å²) in [4.78, 5) is 0. The Hall–Kier alpha value is -1.88. The van der Waals surface area contributed by atoms with E-state index in [0.717, 1.165) is 51.4 Å². The highest BCUT2D eigenvalue weighted by Gasteiger charge is 2.31. The molecule has 2 fully saturated rings. The summed E-state index contributed by atoms with van der Waals surface area (Å²) in [6.07, 6.45) is 12.9. The number of ether oxygens (including phenoxy) is 1. The molecule has 0 aromatic heterocycles. The lowest BCUT2D eigenvalue weighted by Gasteiger charge is -2.30. The Bertz CT molecular complexity index is 936. The van der Waals surface area contributed by atoms with Crippen LogP contribution in [0.4, 0.5) is 17.6 Å². The van der Waals surface area contributed by atoms with Crippen LogP contribution in [0.1, 0.15) is 94.1 Å². The van der Waals surface area contributed by atoms with Gasteiger partial charge in [0.1, 0.15) is 11.9 Å². The van der Waals surface area contributed by atoms with E-state index < -0.39 is 35.3 Å². The first-order valence-corrected chi connectivity index (χ1v) is 13.4. The molecule has 0 amide bonds. The van der Waals surface area contributed by atoms with Crippen molar-refractivity contribution in [3.63, 3.8) is 0 Å². The average molecular weight is 491 g/mol. The molecule has 0 bridgehead atoms. The van der Waals surface area contributed by atoms with E-state index in [4.69, 9.17) is 4.74 Å². The fourth-order valence-electron chi connectivity index (χ4n) is 6.24.